The van der Waals surface area contributed by atoms with Crippen molar-refractivity contribution >= 4 is 23.5 Å². The van der Waals surface area contributed by atoms with Crippen molar-refractivity contribution in [1.82, 2.24) is 4.90 Å². The van der Waals surface area contributed by atoms with E-state index in [4.69, 9.17) is 9.47 Å². The number of hydrogen-bond acceptors (Lipinski definition) is 6. The molecular weight excluding hydrogens is 544 g/mol. The summed E-state index contributed by atoms with van der Waals surface area (Å²) in [6, 6.07) is 13.1. The van der Waals surface area contributed by atoms with Gasteiger partial charge in [-0.05, 0) is 56.2 Å². The molecule has 3 fully saturated rings. The third-order valence-electron chi connectivity index (χ3n) is 9.79. The van der Waals surface area contributed by atoms with Crippen LogP contribution in [0.3, 0.4) is 0 Å². The predicted octanol–water partition coefficient (Wildman–Crippen LogP) is 4.69. The zero-order valence-corrected chi connectivity index (χ0v) is 25.5. The number of aliphatic hydroxyl groups is 1. The largest absolute Gasteiger partial charge is 0.465 e. The van der Waals surface area contributed by atoms with E-state index in [2.05, 4.69) is 13.2 Å². The molecule has 0 saturated carbocycles. The first-order valence-corrected chi connectivity index (χ1v) is 15.0. The summed E-state index contributed by atoms with van der Waals surface area (Å²) in [5.74, 6) is -3.22. The molecule has 5 rings (SSSR count). The van der Waals surface area contributed by atoms with Crippen molar-refractivity contribution in [3.05, 3.63) is 90.5 Å². The second-order valence-electron chi connectivity index (χ2n) is 12.3. The molecule has 0 radical (unpaired) electrons. The minimum absolute atomic E-state index is 0.138. The van der Waals surface area contributed by atoms with Crippen molar-refractivity contribution in [3.63, 3.8) is 0 Å². The molecule has 2 bridgehead atoms. The van der Waals surface area contributed by atoms with E-state index in [1.165, 1.54) is 4.90 Å². The fourth-order valence-corrected chi connectivity index (χ4v) is 7.81. The van der Waals surface area contributed by atoms with Crippen LogP contribution in [0.5, 0.6) is 0 Å². The molecule has 3 unspecified atom stereocenters. The van der Waals surface area contributed by atoms with Crippen LogP contribution < -0.4 is 4.90 Å². The molecule has 3 aliphatic rings. The number of amides is 2. The van der Waals surface area contributed by atoms with Crippen molar-refractivity contribution in [2.45, 2.75) is 63.8 Å². The number of ether oxygens (including phenoxy) is 2. The minimum atomic E-state index is -1.29. The molecule has 1 N–H and O–H groups in total. The van der Waals surface area contributed by atoms with Crippen LogP contribution in [0.4, 0.5) is 5.69 Å². The summed E-state index contributed by atoms with van der Waals surface area (Å²) in [5, 5.41) is 10.8. The Kier molecular flexibility index (Phi) is 8.38. The number of nitrogens with zero attached hydrogens (tertiary/aromatic N) is 2. The van der Waals surface area contributed by atoms with E-state index in [1.807, 2.05) is 76.2 Å². The first-order chi connectivity index (χ1) is 20.6. The number of likely N-dealkylation sites (tertiary alicyclic amines) is 1. The minimum Gasteiger partial charge on any atom is -0.465 e. The van der Waals surface area contributed by atoms with Gasteiger partial charge in [0.2, 0.25) is 5.91 Å². The molecule has 0 aliphatic carbocycles. The lowest BCUT2D eigenvalue weighted by atomic mass is 9.62. The zero-order chi connectivity index (χ0) is 31.1. The van der Waals surface area contributed by atoms with E-state index >= 15 is 4.79 Å². The molecule has 3 heterocycles. The van der Waals surface area contributed by atoms with Crippen LogP contribution in [-0.2, 0) is 23.9 Å². The first-order valence-electron chi connectivity index (χ1n) is 15.0. The first kappa shape index (κ1) is 30.7. The summed E-state index contributed by atoms with van der Waals surface area (Å²) >= 11 is 0. The van der Waals surface area contributed by atoms with Gasteiger partial charge < -0.3 is 24.4 Å². The van der Waals surface area contributed by atoms with Gasteiger partial charge in [0.1, 0.15) is 17.6 Å². The molecule has 228 valence electrons. The molecule has 8 nitrogen and oxygen atoms in total. The zero-order valence-electron chi connectivity index (χ0n) is 25.5. The Morgan fingerprint density at radius 1 is 1.14 bits per heavy atom. The normalized spacial score (nSPS) is 29.7. The highest BCUT2D eigenvalue weighted by Crippen LogP contribution is 2.66. The van der Waals surface area contributed by atoms with Crippen molar-refractivity contribution in [1.29, 1.82) is 0 Å². The van der Waals surface area contributed by atoms with Gasteiger partial charge in [-0.2, -0.15) is 0 Å². The summed E-state index contributed by atoms with van der Waals surface area (Å²) in [6.07, 6.45) is 4.22. The van der Waals surface area contributed by atoms with Crippen LogP contribution in [-0.4, -0.2) is 64.8 Å². The van der Waals surface area contributed by atoms with E-state index in [-0.39, 0.29) is 30.9 Å². The molecule has 0 aromatic heterocycles. The van der Waals surface area contributed by atoms with E-state index < -0.39 is 47.7 Å². The van der Waals surface area contributed by atoms with Gasteiger partial charge in [-0.3, -0.25) is 14.4 Å². The topological polar surface area (TPSA) is 96.4 Å². The maximum Gasteiger partial charge on any atom is 0.312 e. The van der Waals surface area contributed by atoms with Crippen molar-refractivity contribution < 1.29 is 29.0 Å². The molecule has 2 aromatic carbocycles. The third kappa shape index (κ3) is 4.71. The summed E-state index contributed by atoms with van der Waals surface area (Å²) in [6.45, 7) is 15.3. The van der Waals surface area contributed by atoms with Gasteiger partial charge in [0.25, 0.3) is 5.91 Å². The van der Waals surface area contributed by atoms with Gasteiger partial charge >= 0.3 is 5.97 Å². The average molecular weight is 587 g/mol. The highest BCUT2D eigenvalue weighted by molar-refractivity contribution is 6.05. The molecule has 8 heteroatoms. The number of carbonyl (C=O) groups is 3. The smallest absolute Gasteiger partial charge is 0.312 e. The van der Waals surface area contributed by atoms with Gasteiger partial charge in [0.15, 0.2) is 0 Å². The third-order valence-corrected chi connectivity index (χ3v) is 9.79. The second-order valence-corrected chi connectivity index (χ2v) is 12.3. The molecule has 7 atom stereocenters. The predicted molar refractivity (Wildman–Crippen MR) is 164 cm³/mol. The van der Waals surface area contributed by atoms with Crippen molar-refractivity contribution in [2.75, 3.05) is 24.7 Å². The lowest BCUT2D eigenvalue weighted by Crippen LogP contribution is -2.57. The monoisotopic (exact) mass is 586 g/mol. The highest BCUT2D eigenvalue weighted by atomic mass is 16.6. The second kappa shape index (κ2) is 11.7. The van der Waals surface area contributed by atoms with Crippen molar-refractivity contribution in [2.24, 2.45) is 17.8 Å². The Bertz CT molecular complexity index is 1400. The fraction of sp³-hybridized carbons (Fsp3) is 0.457. The average Bonchev–Trinajstić information content (AvgIpc) is 3.50. The Hall–Kier alpha value is -3.75. The quantitative estimate of drug-likeness (QED) is 0.233. The number of esters is 1. The van der Waals surface area contributed by atoms with E-state index in [9.17, 15) is 14.7 Å². The summed E-state index contributed by atoms with van der Waals surface area (Å²) < 4.78 is 12.5. The van der Waals surface area contributed by atoms with Crippen LogP contribution in [0, 0.1) is 31.6 Å². The van der Waals surface area contributed by atoms with Crippen LogP contribution in [0.25, 0.3) is 0 Å². The van der Waals surface area contributed by atoms with Gasteiger partial charge in [-0.1, -0.05) is 67.6 Å². The lowest BCUT2D eigenvalue weighted by molar-refractivity contribution is -0.162. The number of aryl methyl sites for hydroxylation is 2. The van der Waals surface area contributed by atoms with Gasteiger partial charge in [0, 0.05) is 12.2 Å². The highest BCUT2D eigenvalue weighted by Gasteiger charge is 2.81. The van der Waals surface area contributed by atoms with Gasteiger partial charge in [-0.25, -0.2) is 0 Å². The Labute approximate surface area is 254 Å². The van der Waals surface area contributed by atoms with Gasteiger partial charge in [0.05, 0.1) is 30.8 Å². The number of hydrogen-bond donors (Lipinski definition) is 1. The molecule has 2 amide bonds. The van der Waals surface area contributed by atoms with Crippen LogP contribution in [0.2, 0.25) is 0 Å². The van der Waals surface area contributed by atoms with Gasteiger partial charge in [-0.15, -0.1) is 13.2 Å². The number of anilines is 1. The SMILES string of the molecule is C=CCCOC(=O)[C@H]1[C@H]2C(=O)N([C@H](CO)c3ccccc3)C(C(=O)N(CC=C)c3c(C)cccc3C)C23CC(C)[C@]1(C)O3. The van der Waals surface area contributed by atoms with Crippen LogP contribution in [0.1, 0.15) is 49.4 Å². The summed E-state index contributed by atoms with van der Waals surface area (Å²) in [4.78, 5) is 46.7. The fourth-order valence-electron chi connectivity index (χ4n) is 7.81. The number of para-hydroxylation sites is 1. The number of benzene rings is 2. The number of rotatable bonds is 11. The summed E-state index contributed by atoms with van der Waals surface area (Å²) in [5.41, 5.74) is 0.952. The number of aliphatic hydroxyl groups excluding tert-OH is 1. The maximum absolute atomic E-state index is 15.1. The lowest BCUT2D eigenvalue weighted by Gasteiger charge is -2.40. The Morgan fingerprint density at radius 2 is 1.81 bits per heavy atom. The molecule has 3 saturated heterocycles. The van der Waals surface area contributed by atoms with E-state index in [1.54, 1.807) is 17.1 Å². The Balaban J connectivity index is 1.69. The number of carbonyl (C=O) groups excluding carboxylic acids is 3. The van der Waals surface area contributed by atoms with Crippen molar-refractivity contribution in [3.8, 4) is 0 Å². The number of fused-ring (bicyclic) bond motifs is 1. The van der Waals surface area contributed by atoms with E-state index in [0.29, 0.717) is 18.4 Å². The van der Waals surface area contributed by atoms with E-state index in [0.717, 1.165) is 16.8 Å². The summed E-state index contributed by atoms with van der Waals surface area (Å²) in [7, 11) is 0. The molecule has 2 aromatic rings. The van der Waals surface area contributed by atoms with Crippen LogP contribution in [0.15, 0.2) is 73.8 Å². The molecule has 43 heavy (non-hydrogen) atoms. The maximum atomic E-state index is 15.1. The Morgan fingerprint density at radius 3 is 2.42 bits per heavy atom. The molecule has 1 spiro atoms. The molecular formula is C35H42N2O6. The standard InChI is InChI=1S/C35H42N2O6/c1-7-9-19-42-33(41)28-27-31(39)37(26(21-38)25-16-11-10-12-17-25)30(35(27)20-24(5)34(28,6)43-35)32(40)36(18-8-2)29-22(3)14-13-15-23(29)4/h7-8,10-17,24,26-28,30,38H,1-2,9,18-21H2,3-6H3/t24?,26-,27+,28-,30?,34+,35?/m1/s1. The van der Waals surface area contributed by atoms with Crippen LogP contribution >= 0.6 is 0 Å². The molecule has 3 aliphatic heterocycles.